The molecule has 98 valence electrons. The van der Waals surface area contributed by atoms with E-state index < -0.39 is 18.6 Å². The third kappa shape index (κ3) is 4.62. The average Bonchev–Trinajstić information content (AvgIpc) is 2.38. The van der Waals surface area contributed by atoms with Crippen molar-refractivity contribution in [2.24, 2.45) is 0 Å². The van der Waals surface area contributed by atoms with Crippen LogP contribution >= 0.6 is 11.6 Å². The molecule has 0 aromatic heterocycles. The summed E-state index contributed by atoms with van der Waals surface area (Å²) in [6.07, 6.45) is 0. The molecule has 1 aromatic carbocycles. The van der Waals surface area contributed by atoms with Gasteiger partial charge in [0.1, 0.15) is 12.1 Å². The molecule has 0 aliphatic rings. The van der Waals surface area contributed by atoms with Gasteiger partial charge in [0.25, 0.3) is 0 Å². The van der Waals surface area contributed by atoms with Crippen LogP contribution in [0.4, 0.5) is 5.69 Å². The summed E-state index contributed by atoms with van der Waals surface area (Å²) in [6, 6.07) is 5.23. The summed E-state index contributed by atoms with van der Waals surface area (Å²) in [5, 5.41) is 28.9. The molecule has 0 spiro atoms. The smallest absolute Gasteiger partial charge is 0.328 e. The summed E-state index contributed by atoms with van der Waals surface area (Å²) in [4.78, 5) is 10.6. The third-order valence-corrected chi connectivity index (χ3v) is 2.22. The van der Waals surface area contributed by atoms with E-state index in [1.807, 2.05) is 19.9 Å². The van der Waals surface area contributed by atoms with E-state index in [1.54, 1.807) is 0 Å². The molecule has 1 atom stereocenters. The lowest BCUT2D eigenvalue weighted by molar-refractivity contribution is -0.138. The van der Waals surface area contributed by atoms with Crippen LogP contribution in [-0.2, 0) is 4.79 Å². The van der Waals surface area contributed by atoms with Crippen LogP contribution in [0, 0.1) is 11.3 Å². The number of nitrogens with one attached hydrogen (secondary N) is 1. The van der Waals surface area contributed by atoms with Crippen molar-refractivity contribution in [3.63, 3.8) is 0 Å². The normalized spacial score (nSPS) is 10.6. The van der Waals surface area contributed by atoms with Crippen LogP contribution < -0.4 is 5.32 Å². The SMILES string of the molecule is CC.N#Cc1ccc(NC(CO)C(=O)O)cc1Cl. The van der Waals surface area contributed by atoms with Gasteiger partial charge in [0.15, 0.2) is 0 Å². The summed E-state index contributed by atoms with van der Waals surface area (Å²) in [7, 11) is 0. The topological polar surface area (TPSA) is 93.4 Å². The highest BCUT2D eigenvalue weighted by Crippen LogP contribution is 2.20. The molecule has 0 aliphatic heterocycles. The second-order valence-electron chi connectivity index (χ2n) is 3.02. The molecule has 0 saturated heterocycles. The zero-order valence-electron chi connectivity index (χ0n) is 10.1. The maximum absolute atomic E-state index is 10.6. The van der Waals surface area contributed by atoms with E-state index in [9.17, 15) is 4.79 Å². The maximum Gasteiger partial charge on any atom is 0.328 e. The van der Waals surface area contributed by atoms with Gasteiger partial charge in [0, 0.05) is 5.69 Å². The highest BCUT2D eigenvalue weighted by Gasteiger charge is 2.15. The number of nitriles is 1. The molecule has 1 rings (SSSR count). The van der Waals surface area contributed by atoms with Crippen LogP contribution in [0.3, 0.4) is 0 Å². The summed E-state index contributed by atoms with van der Waals surface area (Å²) in [5.41, 5.74) is 0.744. The standard InChI is InChI=1S/C10H9ClN2O3.C2H6/c11-8-3-7(2-1-6(8)4-12)13-9(5-14)10(15)16;1-2/h1-3,9,13-14H,5H2,(H,15,16);1-2H3. The van der Waals surface area contributed by atoms with Crippen molar-refractivity contribution in [2.45, 2.75) is 19.9 Å². The van der Waals surface area contributed by atoms with Crippen LogP contribution in [0.2, 0.25) is 5.02 Å². The zero-order valence-corrected chi connectivity index (χ0v) is 10.9. The van der Waals surface area contributed by atoms with Crippen molar-refractivity contribution < 1.29 is 15.0 Å². The van der Waals surface area contributed by atoms with Crippen molar-refractivity contribution in [1.29, 1.82) is 5.26 Å². The van der Waals surface area contributed by atoms with Gasteiger partial charge in [-0.05, 0) is 18.2 Å². The van der Waals surface area contributed by atoms with Crippen molar-refractivity contribution in [3.8, 4) is 6.07 Å². The Morgan fingerprint density at radius 1 is 1.56 bits per heavy atom. The number of aliphatic carboxylic acids is 1. The van der Waals surface area contributed by atoms with Gasteiger partial charge in [-0.25, -0.2) is 4.79 Å². The molecule has 0 radical (unpaired) electrons. The molecule has 1 aromatic rings. The van der Waals surface area contributed by atoms with Crippen molar-refractivity contribution in [3.05, 3.63) is 28.8 Å². The molecule has 1 unspecified atom stereocenters. The number of benzene rings is 1. The molecule has 6 heteroatoms. The second-order valence-corrected chi connectivity index (χ2v) is 3.43. The zero-order chi connectivity index (χ0) is 14.1. The van der Waals surface area contributed by atoms with Crippen molar-refractivity contribution >= 4 is 23.3 Å². The van der Waals surface area contributed by atoms with E-state index in [0.717, 1.165) is 0 Å². The van der Waals surface area contributed by atoms with Gasteiger partial charge in [0.2, 0.25) is 0 Å². The maximum atomic E-state index is 10.6. The van der Waals surface area contributed by atoms with Gasteiger partial charge in [0.05, 0.1) is 17.2 Å². The number of nitrogens with zero attached hydrogens (tertiary/aromatic N) is 1. The third-order valence-electron chi connectivity index (χ3n) is 1.91. The largest absolute Gasteiger partial charge is 0.480 e. The van der Waals surface area contributed by atoms with Gasteiger partial charge in [-0.1, -0.05) is 25.4 Å². The molecule has 0 saturated carbocycles. The van der Waals surface area contributed by atoms with E-state index in [1.165, 1.54) is 18.2 Å². The number of aliphatic hydroxyl groups is 1. The highest BCUT2D eigenvalue weighted by molar-refractivity contribution is 6.32. The Morgan fingerprint density at radius 3 is 2.56 bits per heavy atom. The number of aliphatic hydroxyl groups excluding tert-OH is 1. The number of carboxylic acid groups (broad SMARTS) is 1. The lowest BCUT2D eigenvalue weighted by Crippen LogP contribution is -2.32. The van der Waals surface area contributed by atoms with E-state index in [4.69, 9.17) is 27.1 Å². The predicted molar refractivity (Wildman–Crippen MR) is 69.6 cm³/mol. The molecular weight excluding hydrogens is 256 g/mol. The molecule has 3 N–H and O–H groups in total. The highest BCUT2D eigenvalue weighted by atomic mass is 35.5. The first-order valence-corrected chi connectivity index (χ1v) is 5.76. The van der Waals surface area contributed by atoms with Gasteiger partial charge in [-0.3, -0.25) is 0 Å². The van der Waals surface area contributed by atoms with E-state index in [0.29, 0.717) is 11.3 Å². The van der Waals surface area contributed by atoms with Crippen molar-refractivity contribution in [2.75, 3.05) is 11.9 Å². The Bertz CT molecular complexity index is 443. The first-order valence-electron chi connectivity index (χ1n) is 5.38. The molecule has 0 aliphatic carbocycles. The Labute approximate surface area is 111 Å². The molecule has 5 nitrogen and oxygen atoms in total. The second kappa shape index (κ2) is 8.34. The summed E-state index contributed by atoms with van der Waals surface area (Å²) in [5.74, 6) is -1.16. The summed E-state index contributed by atoms with van der Waals surface area (Å²) < 4.78 is 0. The minimum Gasteiger partial charge on any atom is -0.480 e. The Morgan fingerprint density at radius 2 is 2.17 bits per heavy atom. The Kier molecular flexibility index (Phi) is 7.52. The van der Waals surface area contributed by atoms with Crippen LogP contribution in [0.25, 0.3) is 0 Å². The lowest BCUT2D eigenvalue weighted by atomic mass is 10.2. The summed E-state index contributed by atoms with van der Waals surface area (Å²) in [6.45, 7) is 3.47. The number of carboxylic acids is 1. The Balaban J connectivity index is 0.00000137. The number of carbonyl (C=O) groups is 1. The van der Waals surface area contributed by atoms with Crippen molar-refractivity contribution in [1.82, 2.24) is 0 Å². The minimum absolute atomic E-state index is 0.231. The van der Waals surface area contributed by atoms with Gasteiger partial charge in [-0.15, -0.1) is 0 Å². The molecule has 0 heterocycles. The average molecular weight is 271 g/mol. The number of rotatable bonds is 4. The minimum atomic E-state index is -1.16. The van der Waals surface area contributed by atoms with Gasteiger partial charge in [-0.2, -0.15) is 5.26 Å². The molecule has 0 fully saturated rings. The van der Waals surface area contributed by atoms with E-state index in [2.05, 4.69) is 5.32 Å². The molecular formula is C12H15ClN2O3. The molecule has 0 bridgehead atoms. The number of halogens is 1. The fourth-order valence-electron chi connectivity index (χ4n) is 1.08. The number of hydrogen-bond donors (Lipinski definition) is 3. The fourth-order valence-corrected chi connectivity index (χ4v) is 1.31. The van der Waals surface area contributed by atoms with Gasteiger partial charge >= 0.3 is 5.97 Å². The fraction of sp³-hybridized carbons (Fsp3) is 0.333. The first kappa shape index (κ1) is 16.2. The van der Waals surface area contributed by atoms with E-state index in [-0.39, 0.29) is 5.02 Å². The predicted octanol–water partition coefficient (Wildman–Crippen LogP) is 2.10. The first-order chi connectivity index (χ1) is 8.58. The van der Waals surface area contributed by atoms with Crippen LogP contribution in [0.15, 0.2) is 18.2 Å². The van der Waals surface area contributed by atoms with Crippen LogP contribution in [0.5, 0.6) is 0 Å². The quantitative estimate of drug-likeness (QED) is 0.779. The summed E-state index contributed by atoms with van der Waals surface area (Å²) >= 11 is 5.76. The van der Waals surface area contributed by atoms with Crippen LogP contribution in [0.1, 0.15) is 19.4 Å². The molecule has 18 heavy (non-hydrogen) atoms. The number of hydrogen-bond acceptors (Lipinski definition) is 4. The Hall–Kier alpha value is -1.77. The molecule has 0 amide bonds. The monoisotopic (exact) mass is 270 g/mol. The lowest BCUT2D eigenvalue weighted by Gasteiger charge is -2.13. The van der Waals surface area contributed by atoms with Gasteiger partial charge < -0.3 is 15.5 Å². The number of anilines is 1. The van der Waals surface area contributed by atoms with Crippen LogP contribution in [-0.4, -0.2) is 28.8 Å². The van der Waals surface area contributed by atoms with E-state index >= 15 is 0 Å².